The lowest BCUT2D eigenvalue weighted by molar-refractivity contribution is 0.0113. The standard InChI is InChI=1S/C17H25NO/c1-18-16(12-13-6-2-3-7-13)17-15-9-5-4-8-14(15)10-11-19-17/h4-5,8-9,13,16-18H,2-3,6-7,10-12H2,1H3. The van der Waals surface area contributed by atoms with Crippen molar-refractivity contribution < 1.29 is 4.74 Å². The largest absolute Gasteiger partial charge is 0.372 e. The number of nitrogens with one attached hydrogen (secondary N) is 1. The van der Waals surface area contributed by atoms with Crippen molar-refractivity contribution in [2.24, 2.45) is 5.92 Å². The van der Waals surface area contributed by atoms with Gasteiger partial charge in [-0.1, -0.05) is 49.9 Å². The predicted molar refractivity (Wildman–Crippen MR) is 78.3 cm³/mol. The molecule has 1 aliphatic carbocycles. The third-order valence-corrected chi connectivity index (χ3v) is 4.83. The van der Waals surface area contributed by atoms with Crippen LogP contribution in [0.1, 0.15) is 49.3 Å². The highest BCUT2D eigenvalue weighted by Crippen LogP contribution is 2.35. The first-order chi connectivity index (χ1) is 9.38. The van der Waals surface area contributed by atoms with Crippen LogP contribution in [-0.2, 0) is 11.2 Å². The van der Waals surface area contributed by atoms with E-state index in [1.165, 1.54) is 43.2 Å². The molecule has 2 heteroatoms. The second kappa shape index (κ2) is 6.06. The molecule has 2 nitrogen and oxygen atoms in total. The summed E-state index contributed by atoms with van der Waals surface area (Å²) in [5, 5.41) is 3.51. The van der Waals surface area contributed by atoms with Crippen molar-refractivity contribution in [1.82, 2.24) is 5.32 Å². The summed E-state index contributed by atoms with van der Waals surface area (Å²) < 4.78 is 6.11. The van der Waals surface area contributed by atoms with E-state index in [9.17, 15) is 0 Å². The van der Waals surface area contributed by atoms with Gasteiger partial charge in [0.1, 0.15) is 0 Å². The Bertz CT molecular complexity index is 411. The van der Waals surface area contributed by atoms with Crippen molar-refractivity contribution in [1.29, 1.82) is 0 Å². The fraction of sp³-hybridized carbons (Fsp3) is 0.647. The number of likely N-dealkylation sites (N-methyl/N-ethyl adjacent to an activating group) is 1. The first kappa shape index (κ1) is 13.1. The summed E-state index contributed by atoms with van der Waals surface area (Å²) >= 11 is 0. The molecule has 0 saturated heterocycles. The number of benzene rings is 1. The van der Waals surface area contributed by atoms with Crippen molar-refractivity contribution in [2.75, 3.05) is 13.7 Å². The summed E-state index contributed by atoms with van der Waals surface area (Å²) in [7, 11) is 2.08. The molecule has 104 valence electrons. The second-order valence-corrected chi connectivity index (χ2v) is 6.02. The maximum atomic E-state index is 6.11. The quantitative estimate of drug-likeness (QED) is 0.894. The van der Waals surface area contributed by atoms with E-state index < -0.39 is 0 Å². The summed E-state index contributed by atoms with van der Waals surface area (Å²) in [5.74, 6) is 0.898. The van der Waals surface area contributed by atoms with E-state index in [0.29, 0.717) is 6.04 Å². The van der Waals surface area contributed by atoms with Gasteiger partial charge in [0.05, 0.1) is 12.7 Å². The number of hydrogen-bond acceptors (Lipinski definition) is 2. The highest BCUT2D eigenvalue weighted by molar-refractivity contribution is 5.32. The van der Waals surface area contributed by atoms with E-state index in [2.05, 4.69) is 36.6 Å². The molecule has 1 saturated carbocycles. The van der Waals surface area contributed by atoms with Crippen LogP contribution in [0.2, 0.25) is 0 Å². The molecule has 0 aromatic heterocycles. The molecule has 0 spiro atoms. The normalized spacial score (nSPS) is 25.2. The number of ether oxygens (including phenoxy) is 1. The molecule has 1 heterocycles. The average Bonchev–Trinajstić information content (AvgIpc) is 2.97. The molecule has 1 aliphatic heterocycles. The van der Waals surface area contributed by atoms with Gasteiger partial charge in [-0.15, -0.1) is 0 Å². The van der Waals surface area contributed by atoms with Crippen molar-refractivity contribution in [2.45, 2.75) is 50.7 Å². The molecule has 3 rings (SSSR count). The number of hydrogen-bond donors (Lipinski definition) is 1. The Kier molecular flexibility index (Phi) is 4.19. The third kappa shape index (κ3) is 2.85. The molecule has 1 fully saturated rings. The highest BCUT2D eigenvalue weighted by Gasteiger charge is 2.30. The Morgan fingerprint density at radius 3 is 2.84 bits per heavy atom. The molecule has 1 N–H and O–H groups in total. The topological polar surface area (TPSA) is 21.3 Å². The molecule has 2 unspecified atom stereocenters. The molecule has 0 bridgehead atoms. The Balaban J connectivity index is 1.76. The summed E-state index contributed by atoms with van der Waals surface area (Å²) in [6, 6.07) is 9.25. The van der Waals surface area contributed by atoms with Crippen LogP contribution < -0.4 is 5.32 Å². The zero-order valence-electron chi connectivity index (χ0n) is 11.9. The minimum Gasteiger partial charge on any atom is -0.372 e. The van der Waals surface area contributed by atoms with Crippen molar-refractivity contribution in [3.05, 3.63) is 35.4 Å². The fourth-order valence-electron chi connectivity index (χ4n) is 3.76. The first-order valence-corrected chi connectivity index (χ1v) is 7.75. The van der Waals surface area contributed by atoms with Crippen molar-refractivity contribution >= 4 is 0 Å². The summed E-state index contributed by atoms with van der Waals surface area (Å²) in [6.07, 6.45) is 8.23. The molecule has 19 heavy (non-hydrogen) atoms. The van der Waals surface area contributed by atoms with Gasteiger partial charge in [-0.05, 0) is 36.9 Å². The van der Waals surface area contributed by atoms with Crippen LogP contribution in [0.15, 0.2) is 24.3 Å². The molecule has 1 aromatic carbocycles. The van der Waals surface area contributed by atoms with Crippen LogP contribution in [0.3, 0.4) is 0 Å². The zero-order valence-corrected chi connectivity index (χ0v) is 11.9. The molecular weight excluding hydrogens is 234 g/mol. The smallest absolute Gasteiger partial charge is 0.0980 e. The van der Waals surface area contributed by atoms with E-state index in [1.54, 1.807) is 0 Å². The van der Waals surface area contributed by atoms with Crippen LogP contribution in [0.4, 0.5) is 0 Å². The van der Waals surface area contributed by atoms with E-state index >= 15 is 0 Å². The Morgan fingerprint density at radius 2 is 2.05 bits per heavy atom. The third-order valence-electron chi connectivity index (χ3n) is 4.83. The van der Waals surface area contributed by atoms with Gasteiger partial charge in [0.2, 0.25) is 0 Å². The maximum absolute atomic E-state index is 6.11. The SMILES string of the molecule is CNC(CC1CCCC1)C1OCCc2ccccc21. The van der Waals surface area contributed by atoms with Gasteiger partial charge in [-0.2, -0.15) is 0 Å². The van der Waals surface area contributed by atoms with E-state index in [-0.39, 0.29) is 6.10 Å². The van der Waals surface area contributed by atoms with Gasteiger partial charge in [-0.3, -0.25) is 0 Å². The predicted octanol–water partition coefficient (Wildman–Crippen LogP) is 3.47. The van der Waals surface area contributed by atoms with Crippen LogP contribution in [-0.4, -0.2) is 19.7 Å². The van der Waals surface area contributed by atoms with Gasteiger partial charge in [-0.25, -0.2) is 0 Å². The van der Waals surface area contributed by atoms with Crippen LogP contribution in [0, 0.1) is 5.92 Å². The summed E-state index contributed by atoms with van der Waals surface area (Å²) in [6.45, 7) is 0.866. The lowest BCUT2D eigenvalue weighted by Gasteiger charge is -2.33. The Morgan fingerprint density at radius 1 is 1.26 bits per heavy atom. The Labute approximate surface area is 116 Å². The minimum atomic E-state index is 0.246. The first-order valence-electron chi connectivity index (χ1n) is 7.75. The fourth-order valence-corrected chi connectivity index (χ4v) is 3.76. The van der Waals surface area contributed by atoms with Crippen molar-refractivity contribution in [3.63, 3.8) is 0 Å². The van der Waals surface area contributed by atoms with Crippen LogP contribution in [0.5, 0.6) is 0 Å². The monoisotopic (exact) mass is 259 g/mol. The van der Waals surface area contributed by atoms with Gasteiger partial charge in [0.15, 0.2) is 0 Å². The molecule has 0 amide bonds. The molecule has 2 aliphatic rings. The molecule has 2 atom stereocenters. The van der Waals surface area contributed by atoms with Gasteiger partial charge in [0.25, 0.3) is 0 Å². The summed E-state index contributed by atoms with van der Waals surface area (Å²) in [4.78, 5) is 0. The van der Waals surface area contributed by atoms with Crippen LogP contribution >= 0.6 is 0 Å². The second-order valence-electron chi connectivity index (χ2n) is 6.02. The van der Waals surface area contributed by atoms with E-state index in [4.69, 9.17) is 4.74 Å². The molecule has 1 aromatic rings. The van der Waals surface area contributed by atoms with E-state index in [1.807, 2.05) is 0 Å². The lowest BCUT2D eigenvalue weighted by Crippen LogP contribution is -2.37. The Hall–Kier alpha value is -0.860. The van der Waals surface area contributed by atoms with Gasteiger partial charge in [0, 0.05) is 6.04 Å². The number of rotatable bonds is 4. The number of fused-ring (bicyclic) bond motifs is 1. The van der Waals surface area contributed by atoms with Crippen molar-refractivity contribution in [3.8, 4) is 0 Å². The minimum absolute atomic E-state index is 0.246. The zero-order chi connectivity index (χ0) is 13.1. The average molecular weight is 259 g/mol. The van der Waals surface area contributed by atoms with E-state index in [0.717, 1.165) is 18.9 Å². The van der Waals surface area contributed by atoms with Gasteiger partial charge < -0.3 is 10.1 Å². The maximum Gasteiger partial charge on any atom is 0.0980 e. The lowest BCUT2D eigenvalue weighted by atomic mass is 9.88. The highest BCUT2D eigenvalue weighted by atomic mass is 16.5. The van der Waals surface area contributed by atoms with Gasteiger partial charge >= 0.3 is 0 Å². The molecule has 0 radical (unpaired) electrons. The van der Waals surface area contributed by atoms with Crippen LogP contribution in [0.25, 0.3) is 0 Å². The molecular formula is C17H25NO. The summed E-state index contributed by atoms with van der Waals surface area (Å²) in [5.41, 5.74) is 2.89.